The van der Waals surface area contributed by atoms with Crippen LogP contribution in [0.5, 0.6) is 0 Å². The van der Waals surface area contributed by atoms with Gasteiger partial charge in [0, 0.05) is 18.3 Å². The van der Waals surface area contributed by atoms with E-state index < -0.39 is 14.8 Å². The Morgan fingerprint density at radius 3 is 2.88 bits per heavy atom. The fourth-order valence-electron chi connectivity index (χ4n) is 1.73. The third-order valence-electron chi connectivity index (χ3n) is 2.54. The number of hydrogen-bond acceptors (Lipinski definition) is 6. The Morgan fingerprint density at radius 1 is 1.53 bits per heavy atom. The van der Waals surface area contributed by atoms with Gasteiger partial charge in [0.15, 0.2) is 9.84 Å². The first-order valence-electron chi connectivity index (χ1n) is 5.04. The zero-order valence-corrected chi connectivity index (χ0v) is 9.68. The van der Waals surface area contributed by atoms with Crippen molar-refractivity contribution < 1.29 is 13.3 Å². The highest BCUT2D eigenvalue weighted by molar-refractivity contribution is 7.91. The summed E-state index contributed by atoms with van der Waals surface area (Å²) in [6.07, 6.45) is 1.83. The molecule has 2 rings (SSSR count). The number of nitro groups is 1. The Kier molecular flexibility index (Phi) is 2.97. The molecular weight excluding hydrogens is 246 g/mol. The largest absolute Gasteiger partial charge is 0.366 e. The Morgan fingerprint density at radius 2 is 2.29 bits per heavy atom. The van der Waals surface area contributed by atoms with Crippen LogP contribution in [0.2, 0.25) is 0 Å². The van der Waals surface area contributed by atoms with E-state index in [0.717, 1.165) is 0 Å². The number of rotatable bonds is 3. The number of nitrogens with zero attached hydrogens (tertiary/aromatic N) is 2. The van der Waals surface area contributed by atoms with Crippen molar-refractivity contribution in [1.82, 2.24) is 4.98 Å². The Labute approximate surface area is 97.9 Å². The van der Waals surface area contributed by atoms with Crippen LogP contribution in [-0.2, 0) is 9.84 Å². The van der Waals surface area contributed by atoms with Gasteiger partial charge in [-0.05, 0) is 6.42 Å². The summed E-state index contributed by atoms with van der Waals surface area (Å²) in [5.74, 6) is 0.540. The SMILES string of the molecule is O=[N+]([O-])c1ccnc(NC2CCS(=O)(=O)C2)c1. The van der Waals surface area contributed by atoms with E-state index in [2.05, 4.69) is 10.3 Å². The maximum Gasteiger partial charge on any atom is 0.274 e. The van der Waals surface area contributed by atoms with Gasteiger partial charge in [0.2, 0.25) is 0 Å². The van der Waals surface area contributed by atoms with Gasteiger partial charge < -0.3 is 5.32 Å². The molecule has 1 aromatic rings. The predicted octanol–water partition coefficient (Wildman–Crippen LogP) is 0.589. The van der Waals surface area contributed by atoms with Gasteiger partial charge >= 0.3 is 0 Å². The molecule has 1 aliphatic heterocycles. The molecule has 0 saturated carbocycles. The summed E-state index contributed by atoms with van der Waals surface area (Å²) in [6.45, 7) is 0. The normalized spacial score (nSPS) is 22.2. The number of aromatic nitrogens is 1. The summed E-state index contributed by atoms with van der Waals surface area (Å²) in [5.41, 5.74) is -0.0663. The minimum atomic E-state index is -2.97. The van der Waals surface area contributed by atoms with Crippen LogP contribution < -0.4 is 5.32 Å². The van der Waals surface area contributed by atoms with Crippen molar-refractivity contribution in [2.24, 2.45) is 0 Å². The first-order chi connectivity index (χ1) is 7.96. The zero-order valence-electron chi connectivity index (χ0n) is 8.87. The summed E-state index contributed by atoms with van der Waals surface area (Å²) in [6, 6.07) is 2.37. The Bertz CT molecular complexity index is 543. The second-order valence-corrected chi connectivity index (χ2v) is 6.13. The third-order valence-corrected chi connectivity index (χ3v) is 4.31. The summed E-state index contributed by atoms with van der Waals surface area (Å²) < 4.78 is 22.5. The lowest BCUT2D eigenvalue weighted by Crippen LogP contribution is -2.21. The van der Waals surface area contributed by atoms with Crippen LogP contribution in [0.1, 0.15) is 6.42 Å². The Hall–Kier alpha value is -1.70. The van der Waals surface area contributed by atoms with E-state index in [-0.39, 0.29) is 23.2 Å². The molecular formula is C9H11N3O4S. The average Bonchev–Trinajstić information content (AvgIpc) is 2.58. The number of anilines is 1. The van der Waals surface area contributed by atoms with Crippen molar-refractivity contribution in [3.63, 3.8) is 0 Å². The van der Waals surface area contributed by atoms with Gasteiger partial charge in [0.25, 0.3) is 5.69 Å². The molecule has 92 valence electrons. The van der Waals surface area contributed by atoms with Crippen LogP contribution in [-0.4, -0.2) is 35.9 Å². The van der Waals surface area contributed by atoms with Gasteiger partial charge in [-0.2, -0.15) is 0 Å². The topological polar surface area (TPSA) is 102 Å². The first-order valence-corrected chi connectivity index (χ1v) is 6.86. The Balaban J connectivity index is 2.09. The highest BCUT2D eigenvalue weighted by atomic mass is 32.2. The fourth-order valence-corrected chi connectivity index (χ4v) is 3.40. The van der Waals surface area contributed by atoms with Crippen molar-refractivity contribution in [2.75, 3.05) is 16.8 Å². The maximum absolute atomic E-state index is 11.2. The molecule has 0 aliphatic carbocycles. The minimum absolute atomic E-state index is 0.0529. The number of hydrogen-bond donors (Lipinski definition) is 1. The van der Waals surface area contributed by atoms with Crippen molar-refractivity contribution >= 4 is 21.3 Å². The first kappa shape index (κ1) is 11.8. The molecule has 2 heterocycles. The molecule has 0 aromatic carbocycles. The highest BCUT2D eigenvalue weighted by Crippen LogP contribution is 2.19. The lowest BCUT2D eigenvalue weighted by atomic mass is 10.2. The van der Waals surface area contributed by atoms with E-state index in [4.69, 9.17) is 0 Å². The standard InChI is InChI=1S/C9H11N3O4S/c13-12(14)8-1-3-10-9(5-8)11-7-2-4-17(15,16)6-7/h1,3,5,7H,2,4,6H2,(H,10,11). The van der Waals surface area contributed by atoms with Crippen molar-refractivity contribution in [3.05, 3.63) is 28.4 Å². The third kappa shape index (κ3) is 2.90. The van der Waals surface area contributed by atoms with Crippen LogP contribution in [0, 0.1) is 10.1 Å². The molecule has 0 spiro atoms. The maximum atomic E-state index is 11.2. The van der Waals surface area contributed by atoms with Gasteiger partial charge in [-0.3, -0.25) is 10.1 Å². The summed E-state index contributed by atoms with van der Waals surface area (Å²) >= 11 is 0. The summed E-state index contributed by atoms with van der Waals surface area (Å²) in [7, 11) is -2.97. The molecule has 0 radical (unpaired) electrons. The van der Waals surface area contributed by atoms with Gasteiger partial charge in [0.05, 0.1) is 22.5 Å². The molecule has 0 bridgehead atoms. The van der Waals surface area contributed by atoms with Gasteiger partial charge in [0.1, 0.15) is 5.82 Å². The second-order valence-electron chi connectivity index (χ2n) is 3.90. The minimum Gasteiger partial charge on any atom is -0.366 e. The molecule has 8 heteroatoms. The second kappa shape index (κ2) is 4.28. The van der Waals surface area contributed by atoms with Crippen LogP contribution in [0.15, 0.2) is 18.3 Å². The van der Waals surface area contributed by atoms with Crippen LogP contribution in [0.4, 0.5) is 11.5 Å². The molecule has 1 N–H and O–H groups in total. The van der Waals surface area contributed by atoms with Gasteiger partial charge in [-0.25, -0.2) is 13.4 Å². The monoisotopic (exact) mass is 257 g/mol. The lowest BCUT2D eigenvalue weighted by molar-refractivity contribution is -0.384. The molecule has 1 aromatic heterocycles. The molecule has 0 amide bonds. The van der Waals surface area contributed by atoms with Crippen LogP contribution in [0.25, 0.3) is 0 Å². The van der Waals surface area contributed by atoms with E-state index in [1.807, 2.05) is 0 Å². The fraction of sp³-hybridized carbons (Fsp3) is 0.444. The van der Waals surface area contributed by atoms with Crippen molar-refractivity contribution in [3.8, 4) is 0 Å². The van der Waals surface area contributed by atoms with Crippen molar-refractivity contribution in [2.45, 2.75) is 12.5 Å². The number of sulfone groups is 1. The predicted molar refractivity (Wildman–Crippen MR) is 61.6 cm³/mol. The van der Waals surface area contributed by atoms with E-state index in [1.165, 1.54) is 18.3 Å². The molecule has 1 aliphatic rings. The van der Waals surface area contributed by atoms with Crippen LogP contribution >= 0.6 is 0 Å². The molecule has 1 saturated heterocycles. The molecule has 7 nitrogen and oxygen atoms in total. The van der Waals surface area contributed by atoms with Crippen LogP contribution in [0.3, 0.4) is 0 Å². The van der Waals surface area contributed by atoms with E-state index >= 15 is 0 Å². The zero-order chi connectivity index (χ0) is 12.5. The number of pyridine rings is 1. The van der Waals surface area contributed by atoms with Gasteiger partial charge in [-0.1, -0.05) is 0 Å². The van der Waals surface area contributed by atoms with E-state index in [9.17, 15) is 18.5 Å². The molecule has 1 unspecified atom stereocenters. The summed E-state index contributed by atoms with van der Waals surface area (Å²) in [4.78, 5) is 14.0. The van der Waals surface area contributed by atoms with Gasteiger partial charge in [-0.15, -0.1) is 0 Å². The highest BCUT2D eigenvalue weighted by Gasteiger charge is 2.28. The summed E-state index contributed by atoms with van der Waals surface area (Å²) in [5, 5.41) is 13.4. The average molecular weight is 257 g/mol. The quantitative estimate of drug-likeness (QED) is 0.628. The molecule has 1 atom stereocenters. The lowest BCUT2D eigenvalue weighted by Gasteiger charge is -2.10. The molecule has 1 fully saturated rings. The smallest absolute Gasteiger partial charge is 0.274 e. The van der Waals surface area contributed by atoms with E-state index in [1.54, 1.807) is 0 Å². The van der Waals surface area contributed by atoms with Crippen molar-refractivity contribution in [1.29, 1.82) is 0 Å². The molecule has 17 heavy (non-hydrogen) atoms. The van der Waals surface area contributed by atoms with E-state index in [0.29, 0.717) is 12.2 Å². The number of nitrogens with one attached hydrogen (secondary N) is 1.